The number of carbonyl (C=O) groups excluding carboxylic acids is 1. The second-order valence-electron chi connectivity index (χ2n) is 6.48. The summed E-state index contributed by atoms with van der Waals surface area (Å²) < 4.78 is 10.9. The third-order valence-electron chi connectivity index (χ3n) is 5.00. The molecule has 4 rings (SSSR count). The summed E-state index contributed by atoms with van der Waals surface area (Å²) in [7, 11) is 3.29. The van der Waals surface area contributed by atoms with Crippen LogP contribution in [0.4, 0.5) is 5.69 Å². The van der Waals surface area contributed by atoms with Gasteiger partial charge in [-0.2, -0.15) is 0 Å². The summed E-state index contributed by atoms with van der Waals surface area (Å²) >= 11 is 0. The number of para-hydroxylation sites is 1. The average Bonchev–Trinajstić information content (AvgIpc) is 2.73. The number of fused-ring (bicyclic) bond motifs is 1. The molecule has 27 heavy (non-hydrogen) atoms. The molecule has 0 bridgehead atoms. The Morgan fingerprint density at radius 2 is 1.48 bits per heavy atom. The maximum Gasteiger partial charge on any atom is 0.232 e. The molecule has 1 aliphatic heterocycles. The third-order valence-corrected chi connectivity index (χ3v) is 5.00. The lowest BCUT2D eigenvalue weighted by Gasteiger charge is -2.38. The molecule has 1 atom stereocenters. The summed E-state index contributed by atoms with van der Waals surface area (Å²) in [5.41, 5.74) is 3.99. The molecular formula is C23H21NO3. The minimum absolute atomic E-state index is 0.0646. The predicted molar refractivity (Wildman–Crippen MR) is 105 cm³/mol. The average molecular weight is 359 g/mol. The second kappa shape index (κ2) is 7.16. The van der Waals surface area contributed by atoms with E-state index in [1.807, 2.05) is 71.6 Å². The van der Waals surface area contributed by atoms with Gasteiger partial charge in [0.05, 0.1) is 26.7 Å². The van der Waals surface area contributed by atoms with Gasteiger partial charge in [0, 0.05) is 11.3 Å². The van der Waals surface area contributed by atoms with E-state index in [0.29, 0.717) is 6.42 Å². The molecule has 0 aromatic heterocycles. The van der Waals surface area contributed by atoms with Crippen LogP contribution in [0.1, 0.15) is 22.7 Å². The van der Waals surface area contributed by atoms with Gasteiger partial charge in [0.1, 0.15) is 11.5 Å². The molecule has 136 valence electrons. The van der Waals surface area contributed by atoms with Crippen LogP contribution in [0.5, 0.6) is 11.5 Å². The van der Waals surface area contributed by atoms with Crippen LogP contribution in [0, 0.1) is 0 Å². The largest absolute Gasteiger partial charge is 0.497 e. The van der Waals surface area contributed by atoms with E-state index in [4.69, 9.17) is 9.47 Å². The molecule has 0 saturated carbocycles. The Morgan fingerprint density at radius 1 is 0.815 bits per heavy atom. The van der Waals surface area contributed by atoms with Gasteiger partial charge in [0.2, 0.25) is 5.91 Å². The molecule has 4 heteroatoms. The van der Waals surface area contributed by atoms with Gasteiger partial charge >= 0.3 is 0 Å². The number of hydrogen-bond acceptors (Lipinski definition) is 3. The smallest absolute Gasteiger partial charge is 0.232 e. The van der Waals surface area contributed by atoms with E-state index < -0.39 is 0 Å². The molecule has 1 aliphatic rings. The van der Waals surface area contributed by atoms with Crippen LogP contribution in [-0.4, -0.2) is 20.1 Å². The van der Waals surface area contributed by atoms with Crippen molar-refractivity contribution in [1.82, 2.24) is 0 Å². The molecule has 0 fully saturated rings. The molecule has 3 aromatic rings. The minimum atomic E-state index is -0.244. The van der Waals surface area contributed by atoms with Crippen LogP contribution in [0.25, 0.3) is 0 Å². The Kier molecular flexibility index (Phi) is 4.55. The van der Waals surface area contributed by atoms with E-state index in [1.165, 1.54) is 0 Å². The van der Waals surface area contributed by atoms with Crippen LogP contribution in [0.3, 0.4) is 0 Å². The molecule has 1 heterocycles. The van der Waals surface area contributed by atoms with Gasteiger partial charge in [-0.1, -0.05) is 42.5 Å². The Bertz CT molecular complexity index is 965. The molecule has 1 amide bonds. The van der Waals surface area contributed by atoms with E-state index in [-0.39, 0.29) is 11.9 Å². The predicted octanol–water partition coefficient (Wildman–Crippen LogP) is 4.38. The summed E-state index contributed by atoms with van der Waals surface area (Å²) in [6, 6.07) is 23.4. The maximum atomic E-state index is 13.1. The fraction of sp³-hybridized carbons (Fsp3) is 0.174. The molecule has 0 radical (unpaired) electrons. The first-order chi connectivity index (χ1) is 13.2. The highest BCUT2D eigenvalue weighted by atomic mass is 16.5. The van der Waals surface area contributed by atoms with E-state index in [1.54, 1.807) is 14.2 Å². The van der Waals surface area contributed by atoms with Crippen LogP contribution in [0.2, 0.25) is 0 Å². The number of nitrogens with zero attached hydrogens (tertiary/aromatic N) is 1. The number of hydrogen-bond donors (Lipinski definition) is 0. The number of rotatable bonds is 4. The number of anilines is 1. The fourth-order valence-corrected chi connectivity index (χ4v) is 3.73. The van der Waals surface area contributed by atoms with E-state index >= 15 is 0 Å². The Balaban J connectivity index is 1.91. The maximum absolute atomic E-state index is 13.1. The Morgan fingerprint density at radius 3 is 2.19 bits per heavy atom. The van der Waals surface area contributed by atoms with Crippen molar-refractivity contribution in [2.45, 2.75) is 12.5 Å². The van der Waals surface area contributed by atoms with Crippen molar-refractivity contribution in [3.05, 3.63) is 89.5 Å². The molecule has 0 aliphatic carbocycles. The molecule has 0 saturated heterocycles. The molecular weight excluding hydrogens is 338 g/mol. The van der Waals surface area contributed by atoms with Crippen molar-refractivity contribution >= 4 is 11.6 Å². The SMILES string of the molecule is COc1ccc(N2C(=O)Cc3ccccc3C2c2ccccc2OC)cc1. The molecule has 1 unspecified atom stereocenters. The first-order valence-corrected chi connectivity index (χ1v) is 8.89. The van der Waals surface area contributed by atoms with Gasteiger partial charge in [-0.05, 0) is 41.5 Å². The number of methoxy groups -OCH3 is 2. The van der Waals surface area contributed by atoms with Crippen molar-refractivity contribution in [2.75, 3.05) is 19.1 Å². The zero-order valence-electron chi connectivity index (χ0n) is 15.4. The summed E-state index contributed by atoms with van der Waals surface area (Å²) in [6.45, 7) is 0. The van der Waals surface area contributed by atoms with Crippen LogP contribution in [-0.2, 0) is 11.2 Å². The summed E-state index contributed by atoms with van der Waals surface area (Å²) in [5, 5.41) is 0. The topological polar surface area (TPSA) is 38.8 Å². The van der Waals surface area contributed by atoms with Crippen LogP contribution >= 0.6 is 0 Å². The normalized spacial score (nSPS) is 16.0. The Hall–Kier alpha value is -3.27. The molecule has 0 spiro atoms. The highest BCUT2D eigenvalue weighted by Crippen LogP contribution is 2.42. The summed E-state index contributed by atoms with van der Waals surface area (Å²) in [4.78, 5) is 15.0. The van der Waals surface area contributed by atoms with Crippen molar-refractivity contribution in [3.8, 4) is 11.5 Å². The van der Waals surface area contributed by atoms with E-state index in [9.17, 15) is 4.79 Å². The van der Waals surface area contributed by atoms with Gasteiger partial charge in [-0.3, -0.25) is 4.79 Å². The number of benzene rings is 3. The molecule has 0 N–H and O–H groups in total. The van der Waals surface area contributed by atoms with Crippen molar-refractivity contribution < 1.29 is 14.3 Å². The van der Waals surface area contributed by atoms with Gasteiger partial charge in [0.15, 0.2) is 0 Å². The summed E-state index contributed by atoms with van der Waals surface area (Å²) in [6.07, 6.45) is 0.383. The van der Waals surface area contributed by atoms with Gasteiger partial charge in [-0.25, -0.2) is 0 Å². The number of ether oxygens (including phenoxy) is 2. The van der Waals surface area contributed by atoms with E-state index in [0.717, 1.165) is 33.9 Å². The number of carbonyl (C=O) groups is 1. The highest BCUT2D eigenvalue weighted by molar-refractivity contribution is 5.98. The van der Waals surface area contributed by atoms with Crippen molar-refractivity contribution in [3.63, 3.8) is 0 Å². The lowest BCUT2D eigenvalue weighted by Crippen LogP contribution is -2.41. The Labute approximate surface area is 159 Å². The lowest BCUT2D eigenvalue weighted by atomic mass is 9.87. The zero-order valence-corrected chi connectivity index (χ0v) is 15.4. The van der Waals surface area contributed by atoms with Crippen LogP contribution < -0.4 is 14.4 Å². The quantitative estimate of drug-likeness (QED) is 0.694. The first kappa shape index (κ1) is 17.2. The van der Waals surface area contributed by atoms with E-state index in [2.05, 4.69) is 6.07 Å². The zero-order chi connectivity index (χ0) is 18.8. The van der Waals surface area contributed by atoms with Crippen LogP contribution in [0.15, 0.2) is 72.8 Å². The van der Waals surface area contributed by atoms with Crippen molar-refractivity contribution in [2.24, 2.45) is 0 Å². The standard InChI is InChI=1S/C23H21NO3/c1-26-18-13-11-17(12-14-18)24-22(25)15-16-7-3-4-8-19(16)23(24)20-9-5-6-10-21(20)27-2/h3-14,23H,15H2,1-2H3. The third kappa shape index (κ3) is 3.04. The minimum Gasteiger partial charge on any atom is -0.497 e. The molecule has 3 aromatic carbocycles. The van der Waals surface area contributed by atoms with Gasteiger partial charge in [0.25, 0.3) is 0 Å². The monoisotopic (exact) mass is 359 g/mol. The van der Waals surface area contributed by atoms with Crippen molar-refractivity contribution in [1.29, 1.82) is 0 Å². The second-order valence-corrected chi connectivity index (χ2v) is 6.48. The lowest BCUT2D eigenvalue weighted by molar-refractivity contribution is -0.118. The fourth-order valence-electron chi connectivity index (χ4n) is 3.73. The first-order valence-electron chi connectivity index (χ1n) is 8.89. The summed E-state index contributed by atoms with van der Waals surface area (Å²) in [5.74, 6) is 1.60. The van der Waals surface area contributed by atoms with Gasteiger partial charge < -0.3 is 14.4 Å². The molecule has 4 nitrogen and oxygen atoms in total. The number of amides is 1. The highest BCUT2D eigenvalue weighted by Gasteiger charge is 2.35. The van der Waals surface area contributed by atoms with Gasteiger partial charge in [-0.15, -0.1) is 0 Å².